The summed E-state index contributed by atoms with van der Waals surface area (Å²) >= 11 is 0. The van der Waals surface area contributed by atoms with Crippen molar-refractivity contribution in [2.45, 2.75) is 61.4 Å². The molecule has 0 spiro atoms. The molecule has 14 heteroatoms. The van der Waals surface area contributed by atoms with Gasteiger partial charge in [0, 0.05) is 12.8 Å². The molecule has 0 saturated carbocycles. The lowest BCUT2D eigenvalue weighted by molar-refractivity contribution is -0.408. The van der Waals surface area contributed by atoms with Gasteiger partial charge in [0.15, 0.2) is 12.1 Å². The Labute approximate surface area is 293 Å². The van der Waals surface area contributed by atoms with Crippen molar-refractivity contribution in [3.8, 4) is 0 Å². The van der Waals surface area contributed by atoms with Crippen LogP contribution in [0.5, 0.6) is 0 Å². The Morgan fingerprint density at radius 1 is 0.560 bits per heavy atom. The van der Waals surface area contributed by atoms with Gasteiger partial charge in [-0.3, -0.25) is 0 Å². The van der Waals surface area contributed by atoms with E-state index >= 15 is 0 Å². The van der Waals surface area contributed by atoms with Crippen molar-refractivity contribution >= 4 is 32.2 Å². The number of carbonyl (C=O) groups is 2. The molecule has 0 bridgehead atoms. The highest BCUT2D eigenvalue weighted by Crippen LogP contribution is 2.10. The molecule has 0 saturated heterocycles. The summed E-state index contributed by atoms with van der Waals surface area (Å²) in [4.78, 5) is 23.6. The van der Waals surface area contributed by atoms with Crippen molar-refractivity contribution < 1.29 is 56.5 Å². The second-order valence-electron chi connectivity index (χ2n) is 11.3. The van der Waals surface area contributed by atoms with E-state index in [0.29, 0.717) is 38.9 Å². The van der Waals surface area contributed by atoms with Gasteiger partial charge in [0.25, 0.3) is 0 Å². The maximum atomic E-state index is 12.0. The molecule has 0 amide bonds. The lowest BCUT2D eigenvalue weighted by Gasteiger charge is -2.10. The molecule has 0 aliphatic rings. The highest BCUT2D eigenvalue weighted by atomic mass is 32.2. The number of hydrogen-bond donors (Lipinski definition) is 2. The van der Waals surface area contributed by atoms with Gasteiger partial charge < -0.3 is 30.0 Å². The van der Waals surface area contributed by atoms with Crippen LogP contribution in [0.15, 0.2) is 119 Å². The van der Waals surface area contributed by atoms with Crippen LogP contribution in [0.4, 0.5) is 0 Å². The van der Waals surface area contributed by atoms with Gasteiger partial charge in [0.05, 0.1) is 23.0 Å². The molecule has 0 heterocycles. The molecule has 0 aromatic heterocycles. The highest BCUT2D eigenvalue weighted by Gasteiger charge is 2.20. The average molecular weight is 729 g/mol. The van der Waals surface area contributed by atoms with Crippen molar-refractivity contribution in [1.29, 1.82) is 0 Å². The van der Waals surface area contributed by atoms with Gasteiger partial charge in [-0.1, -0.05) is 96.1 Å². The van der Waals surface area contributed by atoms with Gasteiger partial charge >= 0.3 is 11.9 Å². The third kappa shape index (κ3) is 16.8. The van der Waals surface area contributed by atoms with Crippen LogP contribution in [-0.4, -0.2) is 63.2 Å². The minimum Gasteiger partial charge on any atom is -0.744 e. The normalized spacial score (nSPS) is 12.2. The number of quaternary nitrogens is 2. The van der Waals surface area contributed by atoms with Crippen LogP contribution >= 0.6 is 0 Å². The summed E-state index contributed by atoms with van der Waals surface area (Å²) in [7, 11) is -8.54. The quantitative estimate of drug-likeness (QED) is 0.116. The summed E-state index contributed by atoms with van der Waals surface area (Å²) in [6.07, 6.45) is 2.39. The molecule has 0 aliphatic heterocycles. The molecule has 12 nitrogen and oxygen atoms in total. The number of rotatable bonds is 13. The fourth-order valence-corrected chi connectivity index (χ4v) is 5.10. The topological polar surface area (TPSA) is 222 Å². The van der Waals surface area contributed by atoms with Crippen molar-refractivity contribution in [3.63, 3.8) is 0 Å². The first-order valence-electron chi connectivity index (χ1n) is 15.7. The van der Waals surface area contributed by atoms with E-state index in [1.807, 2.05) is 74.5 Å². The van der Waals surface area contributed by atoms with Crippen LogP contribution in [-0.2, 0) is 52.1 Å². The molecule has 0 aliphatic carbocycles. The SMILES string of the molecule is Cc1ccc(S(=O)(=O)[O-])cc1.Cc1ccc(S(=O)(=O)[O-])cc1.[NH3+][C@@H](Cc1ccccc1)C(=O)OCCCCOC(=O)[C@@H]([NH3+])Cc1ccccc1. The number of esters is 2. The van der Waals surface area contributed by atoms with Crippen molar-refractivity contribution in [2.75, 3.05) is 13.2 Å². The molecule has 270 valence electrons. The predicted molar refractivity (Wildman–Crippen MR) is 183 cm³/mol. The number of hydrogen-bond acceptors (Lipinski definition) is 10. The number of benzene rings is 4. The van der Waals surface area contributed by atoms with Crippen molar-refractivity contribution in [3.05, 3.63) is 131 Å². The van der Waals surface area contributed by atoms with E-state index in [0.717, 1.165) is 22.3 Å². The summed E-state index contributed by atoms with van der Waals surface area (Å²) in [5.41, 5.74) is 11.7. The predicted octanol–water partition coefficient (Wildman–Crippen LogP) is 2.36. The van der Waals surface area contributed by atoms with Crippen LogP contribution in [0.2, 0.25) is 0 Å². The molecule has 6 N–H and O–H groups in total. The van der Waals surface area contributed by atoms with E-state index in [-0.39, 0.29) is 21.7 Å². The van der Waals surface area contributed by atoms with E-state index in [2.05, 4.69) is 11.5 Å². The largest absolute Gasteiger partial charge is 0.744 e. The molecule has 4 aromatic rings. The Kier molecular flexibility index (Phi) is 17.5. The van der Waals surface area contributed by atoms with Crippen LogP contribution in [0.3, 0.4) is 0 Å². The third-order valence-electron chi connectivity index (χ3n) is 6.96. The summed E-state index contributed by atoms with van der Waals surface area (Å²) in [5, 5.41) is 0. The first-order valence-corrected chi connectivity index (χ1v) is 18.5. The second-order valence-corrected chi connectivity index (χ2v) is 14.1. The maximum absolute atomic E-state index is 12.0. The summed E-state index contributed by atoms with van der Waals surface area (Å²) in [5.74, 6) is -0.608. The van der Waals surface area contributed by atoms with E-state index in [4.69, 9.17) is 9.47 Å². The minimum absolute atomic E-state index is 0.178. The van der Waals surface area contributed by atoms with Gasteiger partial charge in [0.2, 0.25) is 0 Å². The zero-order valence-electron chi connectivity index (χ0n) is 28.1. The molecular formula is C36H44N2O10S2. The minimum atomic E-state index is -4.27. The lowest BCUT2D eigenvalue weighted by atomic mass is 10.1. The van der Waals surface area contributed by atoms with Gasteiger partial charge in [0.1, 0.15) is 20.2 Å². The summed E-state index contributed by atoms with van der Waals surface area (Å²) < 4.78 is 72.8. The maximum Gasteiger partial charge on any atom is 0.365 e. The van der Waals surface area contributed by atoms with Gasteiger partial charge in [-0.15, -0.1) is 0 Å². The number of carbonyl (C=O) groups excluding carboxylic acids is 2. The monoisotopic (exact) mass is 728 g/mol. The van der Waals surface area contributed by atoms with Crippen LogP contribution in [0, 0.1) is 13.8 Å². The summed E-state index contributed by atoms with van der Waals surface area (Å²) in [6.45, 7) is 4.24. The van der Waals surface area contributed by atoms with Crippen molar-refractivity contribution in [1.82, 2.24) is 0 Å². The molecule has 2 atom stereocenters. The van der Waals surface area contributed by atoms with Crippen molar-refractivity contribution in [2.24, 2.45) is 0 Å². The van der Waals surface area contributed by atoms with Crippen LogP contribution in [0.25, 0.3) is 0 Å². The Morgan fingerprint density at radius 3 is 1.14 bits per heavy atom. The zero-order valence-corrected chi connectivity index (χ0v) is 29.7. The Morgan fingerprint density at radius 2 is 0.860 bits per heavy atom. The summed E-state index contributed by atoms with van der Waals surface area (Å²) in [6, 6.07) is 30.2. The van der Waals surface area contributed by atoms with Crippen LogP contribution < -0.4 is 11.5 Å². The Hall–Kier alpha value is -4.44. The van der Waals surface area contributed by atoms with E-state index in [1.165, 1.54) is 24.3 Å². The smallest absolute Gasteiger partial charge is 0.365 e. The standard InChI is InChI=1S/C22H28N2O4.2C7H8O3S/c23-19(15-17-9-3-1-4-10-17)21(25)27-13-7-8-14-28-22(26)20(24)16-18-11-5-2-6-12-18;2*1-6-2-4-7(5-3-6)11(8,9)10/h1-6,9-12,19-20H,7-8,13-16,23-24H2;2*2-5H,1H3,(H,8,9,10)/t19-,20-;;/m0../s1. The molecule has 50 heavy (non-hydrogen) atoms. The molecular weight excluding hydrogens is 685 g/mol. The number of unbranched alkanes of at least 4 members (excludes halogenated alkanes) is 1. The molecule has 4 rings (SSSR count). The number of ether oxygens (including phenoxy) is 2. The van der Waals surface area contributed by atoms with Gasteiger partial charge in [-0.2, -0.15) is 0 Å². The first-order chi connectivity index (χ1) is 23.6. The third-order valence-corrected chi connectivity index (χ3v) is 8.66. The molecule has 4 aromatic carbocycles. The Bertz CT molecular complexity index is 1680. The van der Waals surface area contributed by atoms with E-state index < -0.39 is 32.3 Å². The second kappa shape index (κ2) is 20.9. The highest BCUT2D eigenvalue weighted by molar-refractivity contribution is 7.86. The fourth-order valence-electron chi connectivity index (χ4n) is 4.16. The first kappa shape index (κ1) is 41.7. The molecule has 0 fully saturated rings. The van der Waals surface area contributed by atoms with Gasteiger partial charge in [-0.25, -0.2) is 26.4 Å². The Balaban J connectivity index is 0.000000320. The van der Waals surface area contributed by atoms with E-state index in [9.17, 15) is 35.5 Å². The van der Waals surface area contributed by atoms with Crippen LogP contribution in [0.1, 0.15) is 35.1 Å². The zero-order chi connectivity index (χ0) is 37.2. The molecule has 0 radical (unpaired) electrons. The average Bonchev–Trinajstić information content (AvgIpc) is 3.07. The fraction of sp³-hybridized carbons (Fsp3) is 0.278. The molecule has 0 unspecified atom stereocenters. The number of aryl methyl sites for hydroxylation is 2. The van der Waals surface area contributed by atoms with Gasteiger partial charge in [-0.05, 0) is 62.1 Å². The van der Waals surface area contributed by atoms with E-state index in [1.54, 1.807) is 24.3 Å². The lowest BCUT2D eigenvalue weighted by Crippen LogP contribution is -2.66.